The van der Waals surface area contributed by atoms with Gasteiger partial charge in [-0.05, 0) is 51.2 Å². The molecule has 0 saturated carbocycles. The second-order valence-corrected chi connectivity index (χ2v) is 6.99. The fraction of sp³-hybridized carbons (Fsp3) is 0.619. The summed E-state index contributed by atoms with van der Waals surface area (Å²) < 4.78 is 5.66. The van der Waals surface area contributed by atoms with Crippen LogP contribution in [-0.4, -0.2) is 56.5 Å². The molecule has 6 nitrogen and oxygen atoms in total. The van der Waals surface area contributed by atoms with Crippen molar-refractivity contribution in [3.8, 4) is 5.75 Å². The van der Waals surface area contributed by atoms with Crippen molar-refractivity contribution in [3.05, 3.63) is 29.8 Å². The number of ether oxygens (including phenoxy) is 1. The molecule has 1 rings (SSSR count). The molecular weight excluding hydrogens is 342 g/mol. The third kappa shape index (κ3) is 9.43. The van der Waals surface area contributed by atoms with Crippen LogP contribution < -0.4 is 15.4 Å². The van der Waals surface area contributed by atoms with Crippen molar-refractivity contribution >= 4 is 11.8 Å². The van der Waals surface area contributed by atoms with Crippen molar-refractivity contribution in [2.75, 3.05) is 33.8 Å². The first-order valence-electron chi connectivity index (χ1n) is 9.94. The number of benzene rings is 1. The Hall–Kier alpha value is -2.08. The summed E-state index contributed by atoms with van der Waals surface area (Å²) in [5.74, 6) is 0.380. The van der Waals surface area contributed by atoms with Crippen LogP contribution in [-0.2, 0) is 4.79 Å². The summed E-state index contributed by atoms with van der Waals surface area (Å²) in [5, 5.41) is 5.73. The number of carbonyl (C=O) groups excluding carboxylic acids is 2. The van der Waals surface area contributed by atoms with E-state index in [-0.39, 0.29) is 11.8 Å². The van der Waals surface area contributed by atoms with Crippen LogP contribution in [0.1, 0.15) is 56.3 Å². The maximum Gasteiger partial charge on any atom is 0.251 e. The molecule has 6 heteroatoms. The fourth-order valence-electron chi connectivity index (χ4n) is 2.57. The summed E-state index contributed by atoms with van der Waals surface area (Å²) in [4.78, 5) is 26.8. The average Bonchev–Trinajstić information content (AvgIpc) is 2.65. The first-order chi connectivity index (χ1) is 13.0. The Bertz CT molecular complexity index is 558. The van der Waals surface area contributed by atoms with Crippen LogP contribution in [0.5, 0.6) is 5.75 Å². The van der Waals surface area contributed by atoms with Gasteiger partial charge in [-0.2, -0.15) is 0 Å². The number of nitrogens with zero attached hydrogens (tertiary/aromatic N) is 1. The van der Waals surface area contributed by atoms with Crippen LogP contribution in [0, 0.1) is 0 Å². The molecule has 1 aromatic rings. The maximum atomic E-state index is 12.5. The van der Waals surface area contributed by atoms with E-state index in [0.717, 1.165) is 38.0 Å². The van der Waals surface area contributed by atoms with Crippen molar-refractivity contribution in [1.82, 2.24) is 15.5 Å². The van der Waals surface area contributed by atoms with E-state index in [0.29, 0.717) is 25.1 Å². The van der Waals surface area contributed by atoms with E-state index < -0.39 is 6.04 Å². The molecule has 1 aromatic carbocycles. The smallest absolute Gasteiger partial charge is 0.251 e. The normalized spacial score (nSPS) is 11.9. The number of carbonyl (C=O) groups is 2. The molecule has 1 atom stereocenters. The number of likely N-dealkylation sites (N-methyl/N-ethyl adjacent to an activating group) is 1. The fourth-order valence-corrected chi connectivity index (χ4v) is 2.57. The van der Waals surface area contributed by atoms with Gasteiger partial charge in [-0.1, -0.05) is 33.1 Å². The number of rotatable bonds is 13. The highest BCUT2D eigenvalue weighted by molar-refractivity contribution is 5.97. The Morgan fingerprint density at radius 2 is 1.78 bits per heavy atom. The SMILES string of the molecule is CCCCCOc1ccc(C(=O)N[C@@H](CCC)C(=O)NCCN(C)C)cc1. The molecule has 2 amide bonds. The van der Waals surface area contributed by atoms with Crippen LogP contribution in [0.15, 0.2) is 24.3 Å². The summed E-state index contributed by atoms with van der Waals surface area (Å²) >= 11 is 0. The van der Waals surface area contributed by atoms with Gasteiger partial charge in [0.1, 0.15) is 11.8 Å². The van der Waals surface area contributed by atoms with E-state index in [1.165, 1.54) is 0 Å². The maximum absolute atomic E-state index is 12.5. The van der Waals surface area contributed by atoms with Gasteiger partial charge in [0.2, 0.25) is 5.91 Å². The Labute approximate surface area is 163 Å². The molecule has 0 bridgehead atoms. The number of hydrogen-bond donors (Lipinski definition) is 2. The van der Waals surface area contributed by atoms with Crippen molar-refractivity contribution in [1.29, 1.82) is 0 Å². The molecule has 0 aliphatic carbocycles. The minimum atomic E-state index is -0.519. The van der Waals surface area contributed by atoms with Gasteiger partial charge in [0.25, 0.3) is 5.91 Å². The molecule has 0 unspecified atom stereocenters. The second kappa shape index (κ2) is 13.1. The number of nitrogens with one attached hydrogen (secondary N) is 2. The Kier molecular flexibility index (Phi) is 11.2. The van der Waals surface area contributed by atoms with Crippen LogP contribution in [0.2, 0.25) is 0 Å². The van der Waals surface area contributed by atoms with Gasteiger partial charge in [0.05, 0.1) is 6.61 Å². The van der Waals surface area contributed by atoms with E-state index in [1.54, 1.807) is 24.3 Å². The van der Waals surface area contributed by atoms with E-state index in [1.807, 2.05) is 25.9 Å². The van der Waals surface area contributed by atoms with Gasteiger partial charge in [-0.15, -0.1) is 0 Å². The molecular formula is C21H35N3O3. The Morgan fingerprint density at radius 1 is 1.07 bits per heavy atom. The van der Waals surface area contributed by atoms with Gasteiger partial charge in [-0.3, -0.25) is 9.59 Å². The van der Waals surface area contributed by atoms with Crippen LogP contribution in [0.3, 0.4) is 0 Å². The predicted octanol–water partition coefficient (Wildman–Crippen LogP) is 2.83. The van der Waals surface area contributed by atoms with Crippen LogP contribution >= 0.6 is 0 Å². The lowest BCUT2D eigenvalue weighted by atomic mass is 10.1. The zero-order valence-corrected chi connectivity index (χ0v) is 17.2. The summed E-state index contributed by atoms with van der Waals surface area (Å²) in [5.41, 5.74) is 0.526. The molecule has 0 heterocycles. The lowest BCUT2D eigenvalue weighted by Crippen LogP contribution is -2.47. The van der Waals surface area contributed by atoms with Gasteiger partial charge in [0.15, 0.2) is 0 Å². The highest BCUT2D eigenvalue weighted by Crippen LogP contribution is 2.13. The van der Waals surface area contributed by atoms with Crippen molar-refractivity contribution in [2.45, 2.75) is 52.0 Å². The van der Waals surface area contributed by atoms with Crippen LogP contribution in [0.25, 0.3) is 0 Å². The van der Waals surface area contributed by atoms with Gasteiger partial charge >= 0.3 is 0 Å². The highest BCUT2D eigenvalue weighted by atomic mass is 16.5. The number of amides is 2. The Balaban J connectivity index is 2.55. The number of hydrogen-bond acceptors (Lipinski definition) is 4. The molecule has 0 fully saturated rings. The first kappa shape index (κ1) is 23.0. The zero-order valence-electron chi connectivity index (χ0n) is 17.2. The molecule has 27 heavy (non-hydrogen) atoms. The molecule has 0 spiro atoms. The van der Waals surface area contributed by atoms with E-state index >= 15 is 0 Å². The summed E-state index contributed by atoms with van der Waals surface area (Å²) in [7, 11) is 3.91. The predicted molar refractivity (Wildman–Crippen MR) is 109 cm³/mol. The highest BCUT2D eigenvalue weighted by Gasteiger charge is 2.20. The van der Waals surface area contributed by atoms with Crippen molar-refractivity contribution < 1.29 is 14.3 Å². The van der Waals surface area contributed by atoms with Gasteiger partial charge in [-0.25, -0.2) is 0 Å². The standard InChI is InChI=1S/C21H35N3O3/c1-5-7-8-16-27-18-12-10-17(11-13-18)20(25)23-19(9-6-2)21(26)22-14-15-24(3)4/h10-13,19H,5-9,14-16H2,1-4H3,(H,22,26)(H,23,25)/t19-/m0/s1. The van der Waals surface area contributed by atoms with Gasteiger partial charge < -0.3 is 20.3 Å². The Morgan fingerprint density at radius 3 is 2.37 bits per heavy atom. The van der Waals surface area contributed by atoms with Crippen molar-refractivity contribution in [3.63, 3.8) is 0 Å². The quantitative estimate of drug-likeness (QED) is 0.519. The molecule has 2 N–H and O–H groups in total. The lowest BCUT2D eigenvalue weighted by molar-refractivity contribution is -0.123. The second-order valence-electron chi connectivity index (χ2n) is 6.99. The van der Waals surface area contributed by atoms with Crippen molar-refractivity contribution in [2.24, 2.45) is 0 Å². The van der Waals surface area contributed by atoms with E-state index in [4.69, 9.17) is 4.74 Å². The molecule has 0 radical (unpaired) electrons. The zero-order chi connectivity index (χ0) is 20.1. The van der Waals surface area contributed by atoms with Crippen LogP contribution in [0.4, 0.5) is 0 Å². The van der Waals surface area contributed by atoms with E-state index in [2.05, 4.69) is 17.6 Å². The summed E-state index contributed by atoms with van der Waals surface area (Å²) in [6, 6.07) is 6.55. The van der Waals surface area contributed by atoms with Gasteiger partial charge in [0, 0.05) is 18.7 Å². The summed E-state index contributed by atoms with van der Waals surface area (Å²) in [6.45, 7) is 6.16. The molecule has 0 aliphatic heterocycles. The first-order valence-corrected chi connectivity index (χ1v) is 9.94. The molecule has 0 saturated heterocycles. The topological polar surface area (TPSA) is 70.7 Å². The minimum Gasteiger partial charge on any atom is -0.494 e. The third-order valence-electron chi connectivity index (χ3n) is 4.19. The number of unbranched alkanes of at least 4 members (excludes halogenated alkanes) is 2. The largest absolute Gasteiger partial charge is 0.494 e. The summed E-state index contributed by atoms with van der Waals surface area (Å²) in [6.07, 6.45) is 4.76. The lowest BCUT2D eigenvalue weighted by Gasteiger charge is -2.19. The third-order valence-corrected chi connectivity index (χ3v) is 4.19. The monoisotopic (exact) mass is 377 g/mol. The molecule has 0 aliphatic rings. The van der Waals surface area contributed by atoms with E-state index in [9.17, 15) is 9.59 Å². The molecule has 0 aromatic heterocycles. The average molecular weight is 378 g/mol. The minimum absolute atomic E-state index is 0.136. The molecule has 152 valence electrons.